The number of aliphatic hydroxyl groups excluding tert-OH is 1. The van der Waals surface area contributed by atoms with Gasteiger partial charge in [-0.3, -0.25) is 0 Å². The maximum atomic E-state index is 10.4. The molecule has 0 aromatic heterocycles. The van der Waals surface area contributed by atoms with Gasteiger partial charge in [-0.05, 0) is 50.0 Å². The van der Waals surface area contributed by atoms with Crippen molar-refractivity contribution in [3.05, 3.63) is 35.9 Å². The molecule has 2 aliphatic carbocycles. The van der Waals surface area contributed by atoms with Gasteiger partial charge in [0.05, 0.1) is 31.5 Å². The molecule has 1 aliphatic heterocycles. The molecule has 144 valence electrons. The molecular formula is C22H32O4. The number of rotatable bonds is 4. The summed E-state index contributed by atoms with van der Waals surface area (Å²) in [6.07, 6.45) is 9.24. The van der Waals surface area contributed by atoms with E-state index in [9.17, 15) is 5.11 Å². The fourth-order valence-electron chi connectivity index (χ4n) is 4.80. The third-order valence-corrected chi connectivity index (χ3v) is 6.31. The number of hydrogen-bond acceptors (Lipinski definition) is 4. The van der Waals surface area contributed by atoms with Gasteiger partial charge in [0.2, 0.25) is 0 Å². The molecule has 1 heterocycles. The van der Waals surface area contributed by atoms with Gasteiger partial charge in [-0.15, -0.1) is 0 Å². The average Bonchev–Trinajstić information content (AvgIpc) is 2.97. The Morgan fingerprint density at radius 3 is 2.65 bits per heavy atom. The van der Waals surface area contributed by atoms with Crippen molar-refractivity contribution in [2.75, 3.05) is 6.61 Å². The highest BCUT2D eigenvalue weighted by atomic mass is 16.7. The minimum absolute atomic E-state index is 0.101. The molecule has 1 aromatic rings. The van der Waals surface area contributed by atoms with Crippen molar-refractivity contribution in [2.45, 2.75) is 88.5 Å². The Morgan fingerprint density at radius 2 is 1.85 bits per heavy atom. The standard InChI is InChI=1S/C22H32O4/c23-19-9-10-20(24-15-17-7-3-1-4-8-17)14-18(13-19)21-16-25-22(26-21)11-5-2-6-12-22/h1,3-4,7-8,18-21,23H,2,5-6,9-16H2/t18-,19?,20+,21-/m1/s1. The van der Waals surface area contributed by atoms with E-state index in [2.05, 4.69) is 12.1 Å². The first-order chi connectivity index (χ1) is 12.7. The third-order valence-electron chi connectivity index (χ3n) is 6.31. The number of aliphatic hydroxyl groups is 1. The SMILES string of the molecule is OC1CC[C@H](OCc2ccccc2)C[C@H]([C@H]2COC3(CCCCC3)O2)C1. The van der Waals surface area contributed by atoms with Gasteiger partial charge in [0.15, 0.2) is 5.79 Å². The Hall–Kier alpha value is -0.940. The molecule has 4 atom stereocenters. The second-order valence-electron chi connectivity index (χ2n) is 8.32. The van der Waals surface area contributed by atoms with Gasteiger partial charge >= 0.3 is 0 Å². The van der Waals surface area contributed by atoms with Crippen LogP contribution >= 0.6 is 0 Å². The second-order valence-corrected chi connectivity index (χ2v) is 8.32. The van der Waals surface area contributed by atoms with Crippen LogP contribution in [0, 0.1) is 5.92 Å². The monoisotopic (exact) mass is 360 g/mol. The highest BCUT2D eigenvalue weighted by molar-refractivity contribution is 5.13. The van der Waals surface area contributed by atoms with Gasteiger partial charge in [0.25, 0.3) is 0 Å². The predicted octanol–water partition coefficient (Wildman–Crippen LogP) is 4.20. The normalized spacial score (nSPS) is 34.7. The van der Waals surface area contributed by atoms with Crippen molar-refractivity contribution in [2.24, 2.45) is 5.92 Å². The van der Waals surface area contributed by atoms with Gasteiger partial charge in [0, 0.05) is 12.8 Å². The molecule has 4 nitrogen and oxygen atoms in total. The summed E-state index contributed by atoms with van der Waals surface area (Å²) in [6.45, 7) is 1.31. The summed E-state index contributed by atoms with van der Waals surface area (Å²) in [4.78, 5) is 0. The Kier molecular flexibility index (Phi) is 5.94. The van der Waals surface area contributed by atoms with Crippen LogP contribution in [0.5, 0.6) is 0 Å². The maximum absolute atomic E-state index is 10.4. The molecular weight excluding hydrogens is 328 g/mol. The van der Waals surface area contributed by atoms with E-state index in [0.29, 0.717) is 19.1 Å². The smallest absolute Gasteiger partial charge is 0.168 e. The van der Waals surface area contributed by atoms with Gasteiger partial charge in [-0.1, -0.05) is 36.8 Å². The summed E-state index contributed by atoms with van der Waals surface area (Å²) >= 11 is 0. The zero-order valence-corrected chi connectivity index (χ0v) is 15.6. The van der Waals surface area contributed by atoms with Gasteiger partial charge in [-0.25, -0.2) is 0 Å². The number of benzene rings is 1. The van der Waals surface area contributed by atoms with Crippen molar-refractivity contribution < 1.29 is 19.3 Å². The highest BCUT2D eigenvalue weighted by Crippen LogP contribution is 2.42. The minimum Gasteiger partial charge on any atom is -0.393 e. The van der Waals surface area contributed by atoms with E-state index in [1.54, 1.807) is 0 Å². The van der Waals surface area contributed by atoms with E-state index in [0.717, 1.165) is 38.5 Å². The van der Waals surface area contributed by atoms with Crippen LogP contribution in [-0.2, 0) is 20.8 Å². The van der Waals surface area contributed by atoms with Crippen LogP contribution < -0.4 is 0 Å². The van der Waals surface area contributed by atoms with Gasteiger partial charge in [-0.2, -0.15) is 0 Å². The molecule has 26 heavy (non-hydrogen) atoms. The van der Waals surface area contributed by atoms with Crippen LogP contribution in [0.15, 0.2) is 30.3 Å². The molecule has 1 N–H and O–H groups in total. The molecule has 1 unspecified atom stereocenters. The molecule has 0 radical (unpaired) electrons. The fraction of sp³-hybridized carbons (Fsp3) is 0.727. The maximum Gasteiger partial charge on any atom is 0.168 e. The quantitative estimate of drug-likeness (QED) is 0.818. The summed E-state index contributed by atoms with van der Waals surface area (Å²) in [5.74, 6) is -0.0184. The van der Waals surface area contributed by atoms with Crippen LogP contribution in [0.3, 0.4) is 0 Å². The van der Waals surface area contributed by atoms with Crippen LogP contribution in [0.1, 0.15) is 63.4 Å². The summed E-state index contributed by atoms with van der Waals surface area (Å²) < 4.78 is 18.8. The van der Waals surface area contributed by atoms with E-state index in [1.807, 2.05) is 18.2 Å². The van der Waals surface area contributed by atoms with Gasteiger partial charge in [0.1, 0.15) is 0 Å². The first-order valence-corrected chi connectivity index (χ1v) is 10.4. The summed E-state index contributed by atoms with van der Waals surface area (Å²) in [5.41, 5.74) is 1.20. The topological polar surface area (TPSA) is 47.9 Å². The molecule has 0 bridgehead atoms. The average molecular weight is 360 g/mol. The van der Waals surface area contributed by atoms with Crippen molar-refractivity contribution in [3.63, 3.8) is 0 Å². The predicted molar refractivity (Wildman–Crippen MR) is 99.6 cm³/mol. The third kappa shape index (κ3) is 4.48. The Morgan fingerprint density at radius 1 is 1.04 bits per heavy atom. The minimum atomic E-state index is -0.333. The van der Waals surface area contributed by atoms with Crippen LogP contribution in [0.2, 0.25) is 0 Å². The molecule has 1 saturated heterocycles. The van der Waals surface area contributed by atoms with Crippen molar-refractivity contribution in [3.8, 4) is 0 Å². The number of ether oxygens (including phenoxy) is 3. The summed E-state index contributed by atoms with van der Waals surface area (Å²) in [7, 11) is 0. The molecule has 4 heteroatoms. The molecule has 0 amide bonds. The first kappa shape index (κ1) is 18.4. The lowest BCUT2D eigenvalue weighted by molar-refractivity contribution is -0.193. The largest absolute Gasteiger partial charge is 0.393 e. The molecule has 3 fully saturated rings. The summed E-state index contributed by atoms with van der Waals surface area (Å²) in [5, 5.41) is 10.4. The van der Waals surface area contributed by atoms with Crippen LogP contribution in [-0.4, -0.2) is 35.8 Å². The van der Waals surface area contributed by atoms with Crippen molar-refractivity contribution in [1.29, 1.82) is 0 Å². The molecule has 1 aromatic carbocycles. The number of hydrogen-bond donors (Lipinski definition) is 1. The highest BCUT2D eigenvalue weighted by Gasteiger charge is 2.45. The van der Waals surface area contributed by atoms with Crippen molar-refractivity contribution >= 4 is 0 Å². The Balaban J connectivity index is 1.36. The fourth-order valence-corrected chi connectivity index (χ4v) is 4.80. The second kappa shape index (κ2) is 8.39. The van der Waals surface area contributed by atoms with E-state index in [4.69, 9.17) is 14.2 Å². The van der Waals surface area contributed by atoms with Crippen LogP contribution in [0.4, 0.5) is 0 Å². The Bertz CT molecular complexity index is 555. The first-order valence-electron chi connectivity index (χ1n) is 10.4. The van der Waals surface area contributed by atoms with E-state index in [1.165, 1.54) is 24.8 Å². The van der Waals surface area contributed by atoms with E-state index < -0.39 is 0 Å². The van der Waals surface area contributed by atoms with Gasteiger partial charge < -0.3 is 19.3 Å². The molecule has 3 aliphatic rings. The zero-order valence-electron chi connectivity index (χ0n) is 15.6. The lowest BCUT2D eigenvalue weighted by Crippen LogP contribution is -2.35. The Labute approximate surface area is 156 Å². The van der Waals surface area contributed by atoms with E-state index >= 15 is 0 Å². The molecule has 1 spiro atoms. The lowest BCUT2D eigenvalue weighted by atomic mass is 9.92. The van der Waals surface area contributed by atoms with E-state index in [-0.39, 0.29) is 24.1 Å². The van der Waals surface area contributed by atoms with Crippen LogP contribution in [0.25, 0.3) is 0 Å². The molecule has 2 saturated carbocycles. The zero-order chi connectivity index (χ0) is 17.8. The molecule has 4 rings (SSSR count). The lowest BCUT2D eigenvalue weighted by Gasteiger charge is -2.33. The summed E-state index contributed by atoms with van der Waals surface area (Å²) in [6, 6.07) is 10.3. The van der Waals surface area contributed by atoms with Crippen molar-refractivity contribution in [1.82, 2.24) is 0 Å².